The number of rotatable bonds is 5. The van der Waals surface area contributed by atoms with Crippen molar-refractivity contribution in [1.82, 2.24) is 10.3 Å². The highest BCUT2D eigenvalue weighted by atomic mass is 32.1. The van der Waals surface area contributed by atoms with Crippen LogP contribution in [0.3, 0.4) is 0 Å². The van der Waals surface area contributed by atoms with E-state index in [4.69, 9.17) is 5.73 Å². The van der Waals surface area contributed by atoms with E-state index < -0.39 is 0 Å². The van der Waals surface area contributed by atoms with E-state index in [1.807, 2.05) is 19.2 Å². The number of pyridine rings is 1. The van der Waals surface area contributed by atoms with Gasteiger partial charge in [-0.05, 0) is 30.0 Å². The van der Waals surface area contributed by atoms with Crippen LogP contribution in [0.4, 0.5) is 0 Å². The normalized spacial score (nSPS) is 12.6. The molecule has 0 aliphatic heterocycles. The summed E-state index contributed by atoms with van der Waals surface area (Å²) in [6, 6.07) is 8.46. The number of hydrogen-bond donors (Lipinski definition) is 2. The molecular formula is C13H17N3S. The summed E-state index contributed by atoms with van der Waals surface area (Å²) in [4.78, 5) is 5.62. The van der Waals surface area contributed by atoms with Gasteiger partial charge >= 0.3 is 0 Å². The Kier molecular flexibility index (Phi) is 4.25. The smallest absolute Gasteiger partial charge is 0.0462 e. The Morgan fingerprint density at radius 1 is 1.41 bits per heavy atom. The minimum Gasteiger partial charge on any atom is -0.329 e. The predicted octanol–water partition coefficient (Wildman–Crippen LogP) is 2.24. The van der Waals surface area contributed by atoms with E-state index in [1.54, 1.807) is 11.3 Å². The Hall–Kier alpha value is -1.23. The molecule has 0 aromatic carbocycles. The molecule has 3 nitrogen and oxygen atoms in total. The van der Waals surface area contributed by atoms with E-state index in [0.717, 1.165) is 17.8 Å². The lowest BCUT2D eigenvalue weighted by Gasteiger charge is -2.16. The van der Waals surface area contributed by atoms with E-state index >= 15 is 0 Å². The van der Waals surface area contributed by atoms with Crippen molar-refractivity contribution in [3.63, 3.8) is 0 Å². The second-order valence-corrected chi connectivity index (χ2v) is 5.01. The minimum absolute atomic E-state index is 0.171. The zero-order valence-electron chi connectivity index (χ0n) is 9.89. The fourth-order valence-corrected chi connectivity index (χ4v) is 2.32. The van der Waals surface area contributed by atoms with Crippen LogP contribution in [0.25, 0.3) is 0 Å². The highest BCUT2D eigenvalue weighted by molar-refractivity contribution is 7.09. The van der Waals surface area contributed by atoms with Crippen LogP contribution in [0.5, 0.6) is 0 Å². The molecule has 2 rings (SSSR count). The molecule has 0 bridgehead atoms. The number of aryl methyl sites for hydroxylation is 1. The van der Waals surface area contributed by atoms with Crippen LogP contribution in [-0.4, -0.2) is 11.5 Å². The quantitative estimate of drug-likeness (QED) is 0.852. The number of aromatic nitrogens is 1. The molecule has 1 atom stereocenters. The molecule has 0 fully saturated rings. The molecule has 0 spiro atoms. The van der Waals surface area contributed by atoms with Crippen LogP contribution in [-0.2, 0) is 6.54 Å². The first kappa shape index (κ1) is 12.2. The van der Waals surface area contributed by atoms with Crippen LogP contribution in [0.15, 0.2) is 35.8 Å². The summed E-state index contributed by atoms with van der Waals surface area (Å²) in [5, 5.41) is 5.54. The van der Waals surface area contributed by atoms with Gasteiger partial charge < -0.3 is 11.1 Å². The number of nitrogens with zero attached hydrogens (tertiary/aromatic N) is 1. The Labute approximate surface area is 106 Å². The third-order valence-electron chi connectivity index (χ3n) is 2.68. The number of nitrogens with two attached hydrogens (primary N) is 1. The lowest BCUT2D eigenvalue weighted by molar-refractivity contribution is 0.543. The van der Waals surface area contributed by atoms with Gasteiger partial charge in [-0.1, -0.05) is 12.1 Å². The summed E-state index contributed by atoms with van der Waals surface area (Å²) in [6.45, 7) is 3.42. The van der Waals surface area contributed by atoms with E-state index in [9.17, 15) is 0 Å². The van der Waals surface area contributed by atoms with Gasteiger partial charge in [-0.25, -0.2) is 0 Å². The zero-order valence-corrected chi connectivity index (χ0v) is 10.7. The Morgan fingerprint density at radius 3 is 2.88 bits per heavy atom. The molecular weight excluding hydrogens is 230 g/mol. The number of hydrogen-bond acceptors (Lipinski definition) is 4. The van der Waals surface area contributed by atoms with Crippen molar-refractivity contribution in [2.45, 2.75) is 19.5 Å². The SMILES string of the molecule is Cc1ccc(C(CN)NCc2cccs2)cn1. The van der Waals surface area contributed by atoms with Crippen molar-refractivity contribution in [2.75, 3.05) is 6.54 Å². The summed E-state index contributed by atoms with van der Waals surface area (Å²) in [7, 11) is 0. The van der Waals surface area contributed by atoms with Gasteiger partial charge in [0, 0.05) is 35.9 Å². The number of nitrogens with one attached hydrogen (secondary N) is 1. The molecule has 0 saturated carbocycles. The zero-order chi connectivity index (χ0) is 12.1. The van der Waals surface area contributed by atoms with Crippen molar-refractivity contribution in [1.29, 1.82) is 0 Å². The molecule has 90 valence electrons. The Balaban J connectivity index is 1.99. The molecule has 0 aliphatic carbocycles. The second kappa shape index (κ2) is 5.91. The lowest BCUT2D eigenvalue weighted by Crippen LogP contribution is -2.27. The van der Waals surface area contributed by atoms with Gasteiger partial charge in [0.2, 0.25) is 0 Å². The van der Waals surface area contributed by atoms with Crippen molar-refractivity contribution in [2.24, 2.45) is 5.73 Å². The van der Waals surface area contributed by atoms with E-state index in [1.165, 1.54) is 4.88 Å². The van der Waals surface area contributed by atoms with E-state index in [0.29, 0.717) is 6.54 Å². The molecule has 0 aliphatic rings. The van der Waals surface area contributed by atoms with Gasteiger partial charge in [0.25, 0.3) is 0 Å². The van der Waals surface area contributed by atoms with Crippen molar-refractivity contribution in [3.8, 4) is 0 Å². The first-order valence-electron chi connectivity index (χ1n) is 5.68. The summed E-state index contributed by atoms with van der Waals surface area (Å²) in [5.74, 6) is 0. The van der Waals surface area contributed by atoms with Crippen LogP contribution >= 0.6 is 11.3 Å². The monoisotopic (exact) mass is 247 g/mol. The molecule has 0 saturated heterocycles. The van der Waals surface area contributed by atoms with Gasteiger partial charge in [-0.2, -0.15) is 0 Å². The molecule has 1 unspecified atom stereocenters. The van der Waals surface area contributed by atoms with Crippen LogP contribution in [0, 0.1) is 6.92 Å². The van der Waals surface area contributed by atoms with Gasteiger partial charge in [0.1, 0.15) is 0 Å². The van der Waals surface area contributed by atoms with Crippen molar-refractivity contribution < 1.29 is 0 Å². The first-order chi connectivity index (χ1) is 8.29. The van der Waals surface area contributed by atoms with Gasteiger partial charge in [0.15, 0.2) is 0 Å². The average molecular weight is 247 g/mol. The fourth-order valence-electron chi connectivity index (χ4n) is 1.66. The van der Waals surface area contributed by atoms with Gasteiger partial charge in [0.05, 0.1) is 0 Å². The van der Waals surface area contributed by atoms with Gasteiger partial charge in [-0.15, -0.1) is 11.3 Å². The first-order valence-corrected chi connectivity index (χ1v) is 6.56. The topological polar surface area (TPSA) is 50.9 Å². The van der Waals surface area contributed by atoms with Gasteiger partial charge in [-0.3, -0.25) is 4.98 Å². The van der Waals surface area contributed by atoms with E-state index in [2.05, 4.69) is 33.9 Å². The summed E-state index contributed by atoms with van der Waals surface area (Å²) >= 11 is 1.75. The highest BCUT2D eigenvalue weighted by Crippen LogP contribution is 2.14. The average Bonchev–Trinajstić information content (AvgIpc) is 2.85. The Bertz CT molecular complexity index is 436. The second-order valence-electron chi connectivity index (χ2n) is 3.98. The lowest BCUT2D eigenvalue weighted by atomic mass is 10.1. The fraction of sp³-hybridized carbons (Fsp3) is 0.308. The third kappa shape index (κ3) is 3.36. The summed E-state index contributed by atoms with van der Waals surface area (Å²) in [6.07, 6.45) is 1.90. The van der Waals surface area contributed by atoms with Crippen LogP contribution < -0.4 is 11.1 Å². The molecule has 17 heavy (non-hydrogen) atoms. The minimum atomic E-state index is 0.171. The molecule has 2 aromatic rings. The maximum Gasteiger partial charge on any atom is 0.0462 e. The molecule has 2 aromatic heterocycles. The largest absolute Gasteiger partial charge is 0.329 e. The van der Waals surface area contributed by atoms with Crippen LogP contribution in [0.2, 0.25) is 0 Å². The molecule has 0 radical (unpaired) electrons. The van der Waals surface area contributed by atoms with Crippen LogP contribution in [0.1, 0.15) is 22.2 Å². The molecule has 0 amide bonds. The summed E-state index contributed by atoms with van der Waals surface area (Å²) < 4.78 is 0. The molecule has 4 heteroatoms. The molecule has 2 heterocycles. The predicted molar refractivity (Wildman–Crippen MR) is 71.9 cm³/mol. The third-order valence-corrected chi connectivity index (χ3v) is 3.55. The summed E-state index contributed by atoms with van der Waals surface area (Å²) in [5.41, 5.74) is 7.97. The molecule has 3 N–H and O–H groups in total. The van der Waals surface area contributed by atoms with Crippen molar-refractivity contribution in [3.05, 3.63) is 52.0 Å². The maximum absolute atomic E-state index is 5.80. The standard InChI is InChI=1S/C13H17N3S/c1-10-4-5-11(8-15-10)13(7-14)16-9-12-3-2-6-17-12/h2-6,8,13,16H,7,9,14H2,1H3. The van der Waals surface area contributed by atoms with Crippen molar-refractivity contribution >= 4 is 11.3 Å². The Morgan fingerprint density at radius 2 is 2.29 bits per heavy atom. The number of thiophene rings is 1. The highest BCUT2D eigenvalue weighted by Gasteiger charge is 2.09. The maximum atomic E-state index is 5.80. The van der Waals surface area contributed by atoms with E-state index in [-0.39, 0.29) is 6.04 Å².